The van der Waals surface area contributed by atoms with E-state index in [1.165, 1.54) is 7.05 Å². The Balaban J connectivity index is 1.98. The Hall–Kier alpha value is -2.50. The van der Waals surface area contributed by atoms with Crippen LogP contribution in [0.5, 0.6) is 0 Å². The Morgan fingerprint density at radius 3 is 2.57 bits per heavy atom. The van der Waals surface area contributed by atoms with Crippen molar-refractivity contribution in [2.75, 3.05) is 18.9 Å². The van der Waals surface area contributed by atoms with E-state index in [0.29, 0.717) is 13.0 Å². The van der Waals surface area contributed by atoms with Crippen molar-refractivity contribution in [2.45, 2.75) is 6.42 Å². The molecule has 0 fully saturated rings. The average Bonchev–Trinajstić information content (AvgIpc) is 2.48. The van der Waals surface area contributed by atoms with Crippen molar-refractivity contribution in [1.82, 2.24) is 10.3 Å². The predicted molar refractivity (Wildman–Crippen MR) is 76.2 cm³/mol. The standard InChI is InChI=1S/C15H15F2N3O/c1-18-14-12(16)7-11(8-13(14)17)15(21)20-6-4-10-3-2-5-19-9-10/h2-3,5,7-9,18H,4,6H2,1H3,(H,20,21). The van der Waals surface area contributed by atoms with Crippen molar-refractivity contribution >= 4 is 11.6 Å². The minimum absolute atomic E-state index is 0.0461. The number of rotatable bonds is 5. The molecular weight excluding hydrogens is 276 g/mol. The summed E-state index contributed by atoms with van der Waals surface area (Å²) in [7, 11) is 1.41. The molecule has 0 aliphatic rings. The third-order valence-corrected chi connectivity index (χ3v) is 2.98. The minimum atomic E-state index is -0.796. The fourth-order valence-electron chi connectivity index (χ4n) is 1.91. The lowest BCUT2D eigenvalue weighted by molar-refractivity contribution is 0.0953. The molecule has 0 aliphatic carbocycles. The molecule has 0 radical (unpaired) electrons. The van der Waals surface area contributed by atoms with Crippen molar-refractivity contribution in [2.24, 2.45) is 0 Å². The van der Waals surface area contributed by atoms with Crippen LogP contribution in [0, 0.1) is 11.6 Å². The SMILES string of the molecule is CNc1c(F)cc(C(=O)NCCc2cccnc2)cc1F. The highest BCUT2D eigenvalue weighted by atomic mass is 19.1. The molecule has 0 saturated heterocycles. The molecule has 0 saturated carbocycles. The molecule has 0 spiro atoms. The molecule has 0 unspecified atom stereocenters. The monoisotopic (exact) mass is 291 g/mol. The average molecular weight is 291 g/mol. The number of aromatic nitrogens is 1. The largest absolute Gasteiger partial charge is 0.383 e. The maximum absolute atomic E-state index is 13.6. The smallest absolute Gasteiger partial charge is 0.251 e. The summed E-state index contributed by atoms with van der Waals surface area (Å²) in [5, 5.41) is 5.02. The van der Waals surface area contributed by atoms with Crippen molar-refractivity contribution in [1.29, 1.82) is 0 Å². The molecule has 1 aromatic heterocycles. The normalized spacial score (nSPS) is 10.2. The molecule has 2 rings (SSSR count). The highest BCUT2D eigenvalue weighted by Gasteiger charge is 2.13. The van der Waals surface area contributed by atoms with Gasteiger partial charge in [-0.3, -0.25) is 9.78 Å². The molecule has 110 valence electrons. The number of pyridine rings is 1. The van der Waals surface area contributed by atoms with E-state index in [9.17, 15) is 13.6 Å². The number of carbonyl (C=O) groups is 1. The Morgan fingerprint density at radius 2 is 2.00 bits per heavy atom. The van der Waals surface area contributed by atoms with Crippen molar-refractivity contribution in [3.8, 4) is 0 Å². The van der Waals surface area contributed by atoms with E-state index in [-0.39, 0.29) is 11.3 Å². The summed E-state index contributed by atoms with van der Waals surface area (Å²) in [5.74, 6) is -2.11. The molecular formula is C15H15F2N3O. The Morgan fingerprint density at radius 1 is 1.29 bits per heavy atom. The molecule has 6 heteroatoms. The van der Waals surface area contributed by atoms with Crippen LogP contribution in [-0.4, -0.2) is 24.5 Å². The quantitative estimate of drug-likeness (QED) is 0.889. The molecule has 0 atom stereocenters. The molecule has 2 aromatic rings. The van der Waals surface area contributed by atoms with Gasteiger partial charge >= 0.3 is 0 Å². The van der Waals surface area contributed by atoms with E-state index < -0.39 is 17.5 Å². The Bertz CT molecular complexity index is 609. The number of anilines is 1. The zero-order chi connectivity index (χ0) is 15.2. The molecule has 0 aliphatic heterocycles. The van der Waals surface area contributed by atoms with E-state index in [1.54, 1.807) is 18.5 Å². The van der Waals surface area contributed by atoms with Crippen LogP contribution < -0.4 is 10.6 Å². The Labute approximate surface area is 121 Å². The highest BCUT2D eigenvalue weighted by Crippen LogP contribution is 2.20. The molecule has 2 N–H and O–H groups in total. The van der Waals surface area contributed by atoms with E-state index in [1.807, 2.05) is 6.07 Å². The van der Waals surface area contributed by atoms with Gasteiger partial charge in [-0.1, -0.05) is 6.07 Å². The van der Waals surface area contributed by atoms with Crippen LogP contribution in [0.3, 0.4) is 0 Å². The van der Waals surface area contributed by atoms with Gasteiger partial charge in [0.05, 0.1) is 0 Å². The van der Waals surface area contributed by atoms with E-state index in [2.05, 4.69) is 15.6 Å². The van der Waals surface area contributed by atoms with Crippen LogP contribution in [0.25, 0.3) is 0 Å². The summed E-state index contributed by atoms with van der Waals surface area (Å²) in [6.45, 7) is 0.363. The van der Waals surface area contributed by atoms with Gasteiger partial charge < -0.3 is 10.6 Å². The molecule has 1 heterocycles. The van der Waals surface area contributed by atoms with Crippen LogP contribution >= 0.6 is 0 Å². The van der Waals surface area contributed by atoms with Crippen LogP contribution in [-0.2, 0) is 6.42 Å². The first-order valence-corrected chi connectivity index (χ1v) is 6.45. The summed E-state index contributed by atoms with van der Waals surface area (Å²) in [6, 6.07) is 5.71. The van der Waals surface area contributed by atoms with E-state index >= 15 is 0 Å². The number of amides is 1. The Kier molecular flexibility index (Phi) is 4.81. The number of halogens is 2. The number of hydrogen-bond donors (Lipinski definition) is 2. The number of hydrogen-bond acceptors (Lipinski definition) is 3. The molecule has 4 nitrogen and oxygen atoms in total. The first-order chi connectivity index (χ1) is 10.1. The maximum atomic E-state index is 13.6. The molecule has 1 amide bonds. The predicted octanol–water partition coefficient (Wildman–Crippen LogP) is 2.37. The van der Waals surface area contributed by atoms with Gasteiger partial charge in [0.2, 0.25) is 0 Å². The van der Waals surface area contributed by atoms with Gasteiger partial charge in [0, 0.05) is 31.5 Å². The van der Waals surface area contributed by atoms with E-state index in [4.69, 9.17) is 0 Å². The zero-order valence-electron chi connectivity index (χ0n) is 11.5. The van der Waals surface area contributed by atoms with Crippen LogP contribution in [0.4, 0.5) is 14.5 Å². The van der Waals surface area contributed by atoms with Crippen molar-refractivity contribution < 1.29 is 13.6 Å². The van der Waals surface area contributed by atoms with Gasteiger partial charge in [-0.2, -0.15) is 0 Å². The second kappa shape index (κ2) is 6.78. The van der Waals surface area contributed by atoms with Gasteiger partial charge in [-0.05, 0) is 30.2 Å². The second-order valence-electron chi connectivity index (χ2n) is 4.43. The van der Waals surface area contributed by atoms with Gasteiger partial charge in [-0.25, -0.2) is 8.78 Å². The van der Waals surface area contributed by atoms with E-state index in [0.717, 1.165) is 17.7 Å². The van der Waals surface area contributed by atoms with Crippen LogP contribution in [0.1, 0.15) is 15.9 Å². The second-order valence-corrected chi connectivity index (χ2v) is 4.43. The molecule has 1 aromatic carbocycles. The highest BCUT2D eigenvalue weighted by molar-refractivity contribution is 5.94. The summed E-state index contributed by atoms with van der Waals surface area (Å²) < 4.78 is 27.1. The van der Waals surface area contributed by atoms with Gasteiger partial charge in [0.15, 0.2) is 0 Å². The van der Waals surface area contributed by atoms with Crippen LogP contribution in [0.2, 0.25) is 0 Å². The maximum Gasteiger partial charge on any atom is 0.251 e. The third kappa shape index (κ3) is 3.75. The topological polar surface area (TPSA) is 54.0 Å². The summed E-state index contributed by atoms with van der Waals surface area (Å²) in [4.78, 5) is 15.8. The lowest BCUT2D eigenvalue weighted by atomic mass is 10.1. The number of carbonyl (C=O) groups excluding carboxylic acids is 1. The van der Waals surface area contributed by atoms with Gasteiger partial charge in [0.1, 0.15) is 17.3 Å². The molecule has 21 heavy (non-hydrogen) atoms. The summed E-state index contributed by atoms with van der Waals surface area (Å²) in [6.07, 6.45) is 3.96. The minimum Gasteiger partial charge on any atom is -0.383 e. The fourth-order valence-corrected chi connectivity index (χ4v) is 1.91. The number of nitrogens with zero attached hydrogens (tertiary/aromatic N) is 1. The number of nitrogens with one attached hydrogen (secondary N) is 2. The van der Waals surface area contributed by atoms with Crippen molar-refractivity contribution in [3.05, 3.63) is 59.4 Å². The summed E-state index contributed by atoms with van der Waals surface area (Å²) >= 11 is 0. The lowest BCUT2D eigenvalue weighted by Gasteiger charge is -2.08. The molecule has 0 bridgehead atoms. The first kappa shape index (κ1) is 14.9. The number of benzene rings is 1. The summed E-state index contributed by atoms with van der Waals surface area (Å²) in [5.41, 5.74) is 0.679. The third-order valence-electron chi connectivity index (χ3n) is 2.98. The van der Waals surface area contributed by atoms with Crippen molar-refractivity contribution in [3.63, 3.8) is 0 Å². The van der Waals surface area contributed by atoms with Gasteiger partial charge in [0.25, 0.3) is 5.91 Å². The lowest BCUT2D eigenvalue weighted by Crippen LogP contribution is -2.26. The first-order valence-electron chi connectivity index (χ1n) is 6.45. The zero-order valence-corrected chi connectivity index (χ0v) is 11.5. The fraction of sp³-hybridized carbons (Fsp3) is 0.200. The van der Waals surface area contributed by atoms with Gasteiger partial charge in [-0.15, -0.1) is 0 Å². The van der Waals surface area contributed by atoms with Crippen LogP contribution in [0.15, 0.2) is 36.7 Å².